The second-order valence-corrected chi connectivity index (χ2v) is 7.73. The first-order valence-electron chi connectivity index (χ1n) is 7.23. The molecule has 2 heterocycles. The fraction of sp³-hybridized carbons (Fsp3) is 0.400. The first-order valence-corrected chi connectivity index (χ1v) is 8.67. The van der Waals surface area contributed by atoms with Gasteiger partial charge in [-0.3, -0.25) is 4.68 Å². The minimum Gasteiger partial charge on any atom is -0.508 e. The molecule has 0 amide bonds. The minimum atomic E-state index is -3.56. The second kappa shape index (κ2) is 5.40. The van der Waals surface area contributed by atoms with Crippen LogP contribution in [-0.4, -0.2) is 34.2 Å². The molecule has 0 atom stereocenters. The number of benzene rings is 1. The predicted octanol–water partition coefficient (Wildman–Crippen LogP) is 1.92. The average molecular weight is 321 g/mol. The number of aromatic hydroxyl groups is 1. The average Bonchev–Trinajstić information content (AvgIpc) is 2.97. The maximum Gasteiger partial charge on any atom is 0.246 e. The number of aromatic nitrogens is 2. The molecule has 22 heavy (non-hydrogen) atoms. The van der Waals surface area contributed by atoms with E-state index in [1.54, 1.807) is 23.0 Å². The lowest BCUT2D eigenvalue weighted by Gasteiger charge is -2.27. The first-order chi connectivity index (χ1) is 10.4. The van der Waals surface area contributed by atoms with Crippen molar-refractivity contribution in [2.24, 2.45) is 0 Å². The highest BCUT2D eigenvalue weighted by Gasteiger charge is 2.29. The van der Waals surface area contributed by atoms with Crippen LogP contribution >= 0.6 is 0 Å². The van der Waals surface area contributed by atoms with E-state index in [1.165, 1.54) is 10.5 Å². The number of fused-ring (bicyclic) bond motifs is 1. The van der Waals surface area contributed by atoms with Gasteiger partial charge in [-0.25, -0.2) is 8.42 Å². The molecular weight excluding hydrogens is 302 g/mol. The van der Waals surface area contributed by atoms with Gasteiger partial charge in [0, 0.05) is 25.3 Å². The largest absolute Gasteiger partial charge is 0.508 e. The summed E-state index contributed by atoms with van der Waals surface area (Å²) >= 11 is 0. The standard InChI is InChI=1S/C15H19N3O3S/c1-11(2)18-10-15(8-16-18)22(20,21)17-6-5-12-3-4-14(19)7-13(12)9-17/h3-4,7-8,10-11,19H,5-6,9H2,1-2H3. The number of nitrogens with zero attached hydrogens (tertiary/aromatic N) is 3. The Kier molecular flexibility index (Phi) is 3.70. The monoisotopic (exact) mass is 321 g/mol. The second-order valence-electron chi connectivity index (χ2n) is 5.79. The lowest BCUT2D eigenvalue weighted by Crippen LogP contribution is -2.35. The molecule has 6 nitrogen and oxygen atoms in total. The molecule has 0 fully saturated rings. The summed E-state index contributed by atoms with van der Waals surface area (Å²) < 4.78 is 28.5. The maximum absolute atomic E-state index is 12.7. The summed E-state index contributed by atoms with van der Waals surface area (Å²) in [4.78, 5) is 0.213. The van der Waals surface area contributed by atoms with Crippen molar-refractivity contribution >= 4 is 10.0 Å². The van der Waals surface area contributed by atoms with Crippen molar-refractivity contribution < 1.29 is 13.5 Å². The van der Waals surface area contributed by atoms with Crippen LogP contribution in [0.25, 0.3) is 0 Å². The van der Waals surface area contributed by atoms with Gasteiger partial charge in [-0.15, -0.1) is 0 Å². The van der Waals surface area contributed by atoms with E-state index < -0.39 is 10.0 Å². The van der Waals surface area contributed by atoms with Crippen molar-refractivity contribution in [3.8, 4) is 5.75 Å². The molecule has 0 unspecified atom stereocenters. The van der Waals surface area contributed by atoms with E-state index >= 15 is 0 Å². The van der Waals surface area contributed by atoms with Crippen molar-refractivity contribution in [1.29, 1.82) is 0 Å². The van der Waals surface area contributed by atoms with E-state index in [4.69, 9.17) is 0 Å². The van der Waals surface area contributed by atoms with Gasteiger partial charge in [0.15, 0.2) is 0 Å². The molecular formula is C15H19N3O3S. The Bertz CT molecular complexity index is 796. The summed E-state index contributed by atoms with van der Waals surface area (Å²) in [5.41, 5.74) is 1.94. The summed E-state index contributed by atoms with van der Waals surface area (Å²) in [6, 6.07) is 5.23. The fourth-order valence-corrected chi connectivity index (χ4v) is 3.97. The molecule has 3 rings (SSSR count). The molecule has 0 radical (unpaired) electrons. The Labute approximate surface area is 130 Å². The molecule has 1 aromatic carbocycles. The van der Waals surface area contributed by atoms with Crippen LogP contribution in [0.1, 0.15) is 31.0 Å². The lowest BCUT2D eigenvalue weighted by molar-refractivity contribution is 0.388. The molecule has 1 aromatic heterocycles. The molecule has 0 saturated carbocycles. The fourth-order valence-electron chi connectivity index (χ4n) is 2.61. The van der Waals surface area contributed by atoms with Crippen LogP contribution in [0.5, 0.6) is 5.75 Å². The topological polar surface area (TPSA) is 75.4 Å². The van der Waals surface area contributed by atoms with Crippen LogP contribution in [0.15, 0.2) is 35.5 Å². The summed E-state index contributed by atoms with van der Waals surface area (Å²) in [6.07, 6.45) is 3.61. The van der Waals surface area contributed by atoms with E-state index in [1.807, 2.05) is 19.9 Å². The third kappa shape index (κ3) is 2.62. The summed E-state index contributed by atoms with van der Waals surface area (Å²) in [6.45, 7) is 4.61. The highest BCUT2D eigenvalue weighted by Crippen LogP contribution is 2.27. The Balaban J connectivity index is 1.90. The third-order valence-electron chi connectivity index (χ3n) is 3.91. The van der Waals surface area contributed by atoms with Gasteiger partial charge in [0.25, 0.3) is 0 Å². The predicted molar refractivity (Wildman–Crippen MR) is 82.0 cm³/mol. The smallest absolute Gasteiger partial charge is 0.246 e. The zero-order valence-corrected chi connectivity index (χ0v) is 13.4. The molecule has 1 aliphatic heterocycles. The van der Waals surface area contributed by atoms with Gasteiger partial charge in [0.1, 0.15) is 10.6 Å². The first kappa shape index (κ1) is 15.1. The molecule has 1 N–H and O–H groups in total. The van der Waals surface area contributed by atoms with Crippen molar-refractivity contribution in [3.63, 3.8) is 0 Å². The van der Waals surface area contributed by atoms with Crippen molar-refractivity contribution in [2.45, 2.75) is 37.8 Å². The van der Waals surface area contributed by atoms with E-state index in [9.17, 15) is 13.5 Å². The molecule has 0 saturated heterocycles. The van der Waals surface area contributed by atoms with Gasteiger partial charge >= 0.3 is 0 Å². The SMILES string of the molecule is CC(C)n1cc(S(=O)(=O)N2CCc3ccc(O)cc3C2)cn1. The highest BCUT2D eigenvalue weighted by atomic mass is 32.2. The van der Waals surface area contributed by atoms with Crippen LogP contribution in [0.4, 0.5) is 0 Å². The zero-order valence-electron chi connectivity index (χ0n) is 12.6. The van der Waals surface area contributed by atoms with E-state index in [-0.39, 0.29) is 23.2 Å². The van der Waals surface area contributed by atoms with Gasteiger partial charge in [-0.05, 0) is 43.5 Å². The van der Waals surface area contributed by atoms with Gasteiger partial charge in [0.2, 0.25) is 10.0 Å². The van der Waals surface area contributed by atoms with Gasteiger partial charge in [0.05, 0.1) is 6.20 Å². The van der Waals surface area contributed by atoms with Crippen LogP contribution < -0.4 is 0 Å². The number of hydrogen-bond acceptors (Lipinski definition) is 4. The number of phenols is 1. The molecule has 0 aliphatic carbocycles. The van der Waals surface area contributed by atoms with Gasteiger partial charge < -0.3 is 5.11 Å². The zero-order chi connectivity index (χ0) is 15.9. The number of hydrogen-bond donors (Lipinski definition) is 1. The molecule has 118 valence electrons. The summed E-state index contributed by atoms with van der Waals surface area (Å²) in [5, 5.41) is 13.7. The molecule has 0 spiro atoms. The Hall–Kier alpha value is -1.86. The Morgan fingerprint density at radius 1 is 1.27 bits per heavy atom. The van der Waals surface area contributed by atoms with Crippen LogP contribution in [0.2, 0.25) is 0 Å². The number of rotatable bonds is 3. The van der Waals surface area contributed by atoms with E-state index in [0.29, 0.717) is 13.0 Å². The Morgan fingerprint density at radius 3 is 2.73 bits per heavy atom. The Morgan fingerprint density at radius 2 is 2.05 bits per heavy atom. The van der Waals surface area contributed by atoms with Gasteiger partial charge in [-0.1, -0.05) is 6.07 Å². The van der Waals surface area contributed by atoms with E-state index in [0.717, 1.165) is 11.1 Å². The van der Waals surface area contributed by atoms with Gasteiger partial charge in [-0.2, -0.15) is 9.40 Å². The van der Waals surface area contributed by atoms with Crippen molar-refractivity contribution in [1.82, 2.24) is 14.1 Å². The highest BCUT2D eigenvalue weighted by molar-refractivity contribution is 7.89. The summed E-state index contributed by atoms with van der Waals surface area (Å²) in [5.74, 6) is 0.158. The van der Waals surface area contributed by atoms with Crippen molar-refractivity contribution in [3.05, 3.63) is 41.7 Å². The molecule has 2 aromatic rings. The van der Waals surface area contributed by atoms with Crippen LogP contribution in [0.3, 0.4) is 0 Å². The quantitative estimate of drug-likeness (QED) is 0.937. The lowest BCUT2D eigenvalue weighted by atomic mass is 10.0. The van der Waals surface area contributed by atoms with E-state index in [2.05, 4.69) is 5.10 Å². The maximum atomic E-state index is 12.7. The number of phenolic OH excluding ortho intramolecular Hbond substituents is 1. The van der Waals surface area contributed by atoms with Crippen molar-refractivity contribution in [2.75, 3.05) is 6.54 Å². The molecule has 7 heteroatoms. The van der Waals surface area contributed by atoms with Crippen LogP contribution in [-0.2, 0) is 23.0 Å². The summed E-state index contributed by atoms with van der Waals surface area (Å²) in [7, 11) is -3.56. The minimum absolute atomic E-state index is 0.114. The number of sulfonamides is 1. The molecule has 0 bridgehead atoms. The van der Waals surface area contributed by atoms with Crippen LogP contribution in [0, 0.1) is 0 Å². The molecule has 1 aliphatic rings. The third-order valence-corrected chi connectivity index (χ3v) is 5.71. The normalized spacial score (nSPS) is 16.0.